The molecule has 2 atom stereocenters. The molecule has 0 saturated heterocycles. The van der Waals surface area contributed by atoms with E-state index < -0.39 is 0 Å². The van der Waals surface area contributed by atoms with Crippen LogP contribution < -0.4 is 15.8 Å². The molecule has 0 bridgehead atoms. The van der Waals surface area contributed by atoms with Gasteiger partial charge in [-0.05, 0) is 50.3 Å². The third-order valence-corrected chi connectivity index (χ3v) is 3.73. The van der Waals surface area contributed by atoms with Crippen LogP contribution in [-0.4, -0.2) is 24.6 Å². The fraction of sp³-hybridized carbons (Fsp3) is 0.562. The van der Waals surface area contributed by atoms with Gasteiger partial charge in [0.1, 0.15) is 5.75 Å². The lowest BCUT2D eigenvalue weighted by Crippen LogP contribution is -2.37. The number of carbonyl (C=O) groups is 1. The molecule has 0 aromatic heterocycles. The van der Waals surface area contributed by atoms with E-state index in [-0.39, 0.29) is 18.6 Å². The van der Waals surface area contributed by atoms with Crippen LogP contribution in [0.1, 0.15) is 44.6 Å². The summed E-state index contributed by atoms with van der Waals surface area (Å²) in [6.07, 6.45) is 3.63. The van der Waals surface area contributed by atoms with Gasteiger partial charge in [0.15, 0.2) is 0 Å². The number of carbonyl (C=O) groups excluding carboxylic acids is 1. The van der Waals surface area contributed by atoms with Gasteiger partial charge in [0.25, 0.3) is 0 Å². The zero-order chi connectivity index (χ0) is 14.5. The van der Waals surface area contributed by atoms with Gasteiger partial charge in [-0.3, -0.25) is 4.79 Å². The fourth-order valence-corrected chi connectivity index (χ4v) is 2.90. The number of nitrogens with two attached hydrogens (primary N) is 1. The summed E-state index contributed by atoms with van der Waals surface area (Å²) in [6, 6.07) is 8.66. The first-order chi connectivity index (χ1) is 9.56. The number of primary amides is 1. The zero-order valence-corrected chi connectivity index (χ0v) is 12.3. The Bertz CT molecular complexity index is 442. The van der Waals surface area contributed by atoms with Gasteiger partial charge in [-0.25, -0.2) is 0 Å². The molecule has 4 heteroatoms. The molecule has 3 N–H and O–H groups in total. The molecule has 2 rings (SSSR count). The highest BCUT2D eigenvalue weighted by atomic mass is 16.5. The normalized spacial score (nSPS) is 22.1. The first kappa shape index (κ1) is 14.9. The SMILES string of the molecule is CC(C)Oc1ccc([C@H]2CCC[C@H]2NCC(N)=O)cc1. The van der Waals surface area contributed by atoms with E-state index in [1.165, 1.54) is 12.0 Å². The van der Waals surface area contributed by atoms with Crippen LogP contribution in [0.5, 0.6) is 5.75 Å². The molecule has 4 nitrogen and oxygen atoms in total. The van der Waals surface area contributed by atoms with Crippen LogP contribution in [0.4, 0.5) is 0 Å². The third kappa shape index (κ3) is 3.97. The van der Waals surface area contributed by atoms with E-state index in [9.17, 15) is 4.79 Å². The number of benzene rings is 1. The van der Waals surface area contributed by atoms with Crippen molar-refractivity contribution in [2.75, 3.05) is 6.54 Å². The highest BCUT2D eigenvalue weighted by molar-refractivity contribution is 5.75. The first-order valence-electron chi connectivity index (χ1n) is 7.34. The Kier molecular flexibility index (Phi) is 5.01. The minimum atomic E-state index is -0.295. The molecular weight excluding hydrogens is 252 g/mol. The molecule has 1 aromatic rings. The molecule has 0 radical (unpaired) electrons. The van der Waals surface area contributed by atoms with Crippen molar-refractivity contribution < 1.29 is 9.53 Å². The van der Waals surface area contributed by atoms with Crippen molar-refractivity contribution in [1.82, 2.24) is 5.32 Å². The van der Waals surface area contributed by atoms with E-state index in [1.807, 2.05) is 26.0 Å². The van der Waals surface area contributed by atoms with Gasteiger partial charge in [0.05, 0.1) is 12.6 Å². The van der Waals surface area contributed by atoms with E-state index in [2.05, 4.69) is 17.4 Å². The van der Waals surface area contributed by atoms with Gasteiger partial charge < -0.3 is 15.8 Å². The van der Waals surface area contributed by atoms with Crippen molar-refractivity contribution in [3.63, 3.8) is 0 Å². The standard InChI is InChI=1S/C16H24N2O2/c1-11(2)20-13-8-6-12(7-9-13)14-4-3-5-15(14)18-10-16(17)19/h6-9,11,14-15,18H,3-5,10H2,1-2H3,(H2,17,19)/t14-,15-/m1/s1. The molecular formula is C16H24N2O2. The molecule has 0 spiro atoms. The fourth-order valence-electron chi connectivity index (χ4n) is 2.90. The number of ether oxygens (including phenoxy) is 1. The number of amides is 1. The minimum absolute atomic E-state index is 0.192. The van der Waals surface area contributed by atoms with Gasteiger partial charge >= 0.3 is 0 Å². The molecule has 0 unspecified atom stereocenters. The van der Waals surface area contributed by atoms with E-state index >= 15 is 0 Å². The average Bonchev–Trinajstić information content (AvgIpc) is 2.85. The second-order valence-corrected chi connectivity index (χ2v) is 5.73. The van der Waals surface area contributed by atoms with Crippen LogP contribution in [0.3, 0.4) is 0 Å². The van der Waals surface area contributed by atoms with Crippen molar-refractivity contribution in [2.45, 2.75) is 51.2 Å². The summed E-state index contributed by atoms with van der Waals surface area (Å²) in [7, 11) is 0. The van der Waals surface area contributed by atoms with E-state index in [0.29, 0.717) is 12.0 Å². The molecule has 1 aromatic carbocycles. The van der Waals surface area contributed by atoms with Crippen molar-refractivity contribution in [1.29, 1.82) is 0 Å². The van der Waals surface area contributed by atoms with Crippen LogP contribution in [0, 0.1) is 0 Å². The van der Waals surface area contributed by atoms with Gasteiger partial charge in [-0.2, -0.15) is 0 Å². The zero-order valence-electron chi connectivity index (χ0n) is 12.3. The monoisotopic (exact) mass is 276 g/mol. The van der Waals surface area contributed by atoms with Crippen LogP contribution in [-0.2, 0) is 4.79 Å². The minimum Gasteiger partial charge on any atom is -0.491 e. The molecule has 1 aliphatic carbocycles. The Hall–Kier alpha value is -1.55. The Morgan fingerprint density at radius 2 is 2.05 bits per heavy atom. The first-order valence-corrected chi connectivity index (χ1v) is 7.34. The molecule has 1 saturated carbocycles. The summed E-state index contributed by atoms with van der Waals surface area (Å²) in [5.74, 6) is 1.07. The Balaban J connectivity index is 2.00. The summed E-state index contributed by atoms with van der Waals surface area (Å²) < 4.78 is 5.66. The van der Waals surface area contributed by atoms with Crippen LogP contribution in [0.25, 0.3) is 0 Å². The highest BCUT2D eigenvalue weighted by Gasteiger charge is 2.28. The lowest BCUT2D eigenvalue weighted by molar-refractivity contribution is -0.117. The van der Waals surface area contributed by atoms with E-state index in [4.69, 9.17) is 10.5 Å². The van der Waals surface area contributed by atoms with Crippen LogP contribution in [0.2, 0.25) is 0 Å². The van der Waals surface area contributed by atoms with Crippen molar-refractivity contribution in [3.8, 4) is 5.75 Å². The largest absolute Gasteiger partial charge is 0.491 e. The van der Waals surface area contributed by atoms with Crippen molar-refractivity contribution in [3.05, 3.63) is 29.8 Å². The average molecular weight is 276 g/mol. The second-order valence-electron chi connectivity index (χ2n) is 5.73. The third-order valence-electron chi connectivity index (χ3n) is 3.73. The molecule has 0 aliphatic heterocycles. The predicted molar refractivity (Wildman–Crippen MR) is 79.8 cm³/mol. The smallest absolute Gasteiger partial charge is 0.231 e. The Morgan fingerprint density at radius 1 is 1.35 bits per heavy atom. The summed E-state index contributed by atoms with van der Waals surface area (Å²) in [5.41, 5.74) is 6.51. The highest BCUT2D eigenvalue weighted by Crippen LogP contribution is 2.35. The molecule has 20 heavy (non-hydrogen) atoms. The van der Waals surface area contributed by atoms with Gasteiger partial charge in [-0.15, -0.1) is 0 Å². The number of hydrogen-bond acceptors (Lipinski definition) is 3. The van der Waals surface area contributed by atoms with Crippen molar-refractivity contribution >= 4 is 5.91 Å². The van der Waals surface area contributed by atoms with Crippen LogP contribution >= 0.6 is 0 Å². The van der Waals surface area contributed by atoms with Crippen LogP contribution in [0.15, 0.2) is 24.3 Å². The molecule has 0 heterocycles. The lowest BCUT2D eigenvalue weighted by atomic mass is 9.94. The van der Waals surface area contributed by atoms with Crippen molar-refractivity contribution in [2.24, 2.45) is 5.73 Å². The summed E-state index contributed by atoms with van der Waals surface area (Å²) in [5, 5.41) is 3.27. The number of nitrogens with one attached hydrogen (secondary N) is 1. The summed E-state index contributed by atoms with van der Waals surface area (Å²) >= 11 is 0. The quantitative estimate of drug-likeness (QED) is 0.837. The number of hydrogen-bond donors (Lipinski definition) is 2. The van der Waals surface area contributed by atoms with E-state index in [1.54, 1.807) is 0 Å². The van der Waals surface area contributed by atoms with Gasteiger partial charge in [-0.1, -0.05) is 18.6 Å². The molecule has 110 valence electrons. The maximum atomic E-state index is 10.9. The molecule has 1 aliphatic rings. The molecule has 1 amide bonds. The Labute approximate surface area is 120 Å². The maximum Gasteiger partial charge on any atom is 0.231 e. The van der Waals surface area contributed by atoms with Gasteiger partial charge in [0, 0.05) is 6.04 Å². The second kappa shape index (κ2) is 6.75. The van der Waals surface area contributed by atoms with Gasteiger partial charge in [0.2, 0.25) is 5.91 Å². The lowest BCUT2D eigenvalue weighted by Gasteiger charge is -2.21. The predicted octanol–water partition coefficient (Wildman–Crippen LogP) is 2.18. The van der Waals surface area contributed by atoms with E-state index in [0.717, 1.165) is 18.6 Å². The molecule has 1 fully saturated rings. The maximum absolute atomic E-state index is 10.9. The topological polar surface area (TPSA) is 64.3 Å². The number of rotatable bonds is 6. The summed E-state index contributed by atoms with van der Waals surface area (Å²) in [6.45, 7) is 4.30. The Morgan fingerprint density at radius 3 is 2.65 bits per heavy atom. The summed E-state index contributed by atoms with van der Waals surface area (Å²) in [4.78, 5) is 10.9.